The van der Waals surface area contributed by atoms with Crippen molar-refractivity contribution in [2.24, 2.45) is 0 Å². The van der Waals surface area contributed by atoms with Crippen LogP contribution < -0.4 is 5.32 Å². The minimum Gasteiger partial charge on any atom is -0.478 e. The molecule has 0 aliphatic rings. The Kier molecular flexibility index (Phi) is 4.31. The third-order valence-corrected chi connectivity index (χ3v) is 3.05. The van der Waals surface area contributed by atoms with Crippen molar-refractivity contribution in [1.29, 1.82) is 0 Å². The fourth-order valence-corrected chi connectivity index (χ4v) is 1.83. The number of carboxylic acids is 1. The highest BCUT2D eigenvalue weighted by Gasteiger charge is 2.13. The second kappa shape index (κ2) is 6.16. The number of amides is 1. The number of carboxylic acid groups (broad SMARTS) is 1. The fourth-order valence-electron chi connectivity index (χ4n) is 1.51. The number of nitrogens with zero attached hydrogens (tertiary/aromatic N) is 2. The highest BCUT2D eigenvalue weighted by Crippen LogP contribution is 2.16. The number of carbonyl (C=O) groups is 2. The number of nitrogens with one attached hydrogen (secondary N) is 1. The van der Waals surface area contributed by atoms with Gasteiger partial charge in [-0.15, -0.1) is 0 Å². The quantitative estimate of drug-likeness (QED) is 0.662. The minimum absolute atomic E-state index is 0.0301. The third-order valence-electron chi connectivity index (χ3n) is 2.48. The van der Waals surface area contributed by atoms with Crippen LogP contribution in [0.1, 0.15) is 20.7 Å². The molecule has 102 valence electrons. The van der Waals surface area contributed by atoms with Gasteiger partial charge in [-0.2, -0.15) is 0 Å². The molecule has 20 heavy (non-hydrogen) atoms. The molecule has 1 aromatic carbocycles. The molecule has 1 amide bonds. The lowest BCUT2D eigenvalue weighted by atomic mass is 10.1. The SMILES string of the molecule is CSc1ncc(C(=O)Nc2ccccc2C(=O)O)cn1. The Morgan fingerprint density at radius 3 is 2.45 bits per heavy atom. The Balaban J connectivity index is 2.21. The van der Waals surface area contributed by atoms with E-state index in [0.717, 1.165) is 0 Å². The number of rotatable bonds is 4. The molecule has 1 aromatic heterocycles. The van der Waals surface area contributed by atoms with Gasteiger partial charge in [-0.25, -0.2) is 14.8 Å². The summed E-state index contributed by atoms with van der Waals surface area (Å²) in [6.45, 7) is 0. The van der Waals surface area contributed by atoms with Gasteiger partial charge in [0.2, 0.25) is 0 Å². The maximum atomic E-state index is 12.0. The van der Waals surface area contributed by atoms with Crippen LogP contribution in [-0.4, -0.2) is 33.2 Å². The molecule has 0 bridgehead atoms. The third kappa shape index (κ3) is 3.12. The second-order valence-corrected chi connectivity index (χ2v) is 4.54. The lowest BCUT2D eigenvalue weighted by Crippen LogP contribution is -2.15. The molecular weight excluding hydrogens is 278 g/mol. The number of para-hydroxylation sites is 1. The van der Waals surface area contributed by atoms with Gasteiger partial charge in [0, 0.05) is 12.4 Å². The van der Waals surface area contributed by atoms with E-state index in [4.69, 9.17) is 5.11 Å². The van der Waals surface area contributed by atoms with Gasteiger partial charge < -0.3 is 10.4 Å². The summed E-state index contributed by atoms with van der Waals surface area (Å²) in [5, 5.41) is 12.1. The summed E-state index contributed by atoms with van der Waals surface area (Å²) in [4.78, 5) is 31.0. The minimum atomic E-state index is -1.10. The number of aromatic carboxylic acids is 1. The van der Waals surface area contributed by atoms with Crippen LogP contribution in [0.2, 0.25) is 0 Å². The molecule has 0 saturated carbocycles. The van der Waals surface area contributed by atoms with Crippen LogP contribution in [0.5, 0.6) is 0 Å². The first-order valence-electron chi connectivity index (χ1n) is 5.61. The average molecular weight is 289 g/mol. The largest absolute Gasteiger partial charge is 0.478 e. The van der Waals surface area contributed by atoms with Crippen molar-refractivity contribution >= 4 is 29.3 Å². The van der Waals surface area contributed by atoms with Crippen molar-refractivity contribution in [3.05, 3.63) is 47.8 Å². The molecule has 0 saturated heterocycles. The molecule has 0 spiro atoms. The van der Waals surface area contributed by atoms with E-state index in [-0.39, 0.29) is 16.8 Å². The smallest absolute Gasteiger partial charge is 0.337 e. The highest BCUT2D eigenvalue weighted by molar-refractivity contribution is 7.98. The van der Waals surface area contributed by atoms with Gasteiger partial charge in [0.1, 0.15) is 0 Å². The van der Waals surface area contributed by atoms with Crippen molar-refractivity contribution in [3.63, 3.8) is 0 Å². The van der Waals surface area contributed by atoms with Crippen LogP contribution in [-0.2, 0) is 0 Å². The van der Waals surface area contributed by atoms with Crippen LogP contribution >= 0.6 is 11.8 Å². The summed E-state index contributed by atoms with van der Waals surface area (Å²) >= 11 is 1.37. The lowest BCUT2D eigenvalue weighted by Gasteiger charge is -2.07. The normalized spacial score (nSPS) is 10.1. The topological polar surface area (TPSA) is 92.2 Å². The molecule has 0 atom stereocenters. The molecule has 2 aromatic rings. The zero-order chi connectivity index (χ0) is 14.5. The Morgan fingerprint density at radius 1 is 1.20 bits per heavy atom. The van der Waals surface area contributed by atoms with Crippen molar-refractivity contribution in [3.8, 4) is 0 Å². The summed E-state index contributed by atoms with van der Waals surface area (Å²) in [6, 6.07) is 6.19. The van der Waals surface area contributed by atoms with Gasteiger partial charge in [0.25, 0.3) is 5.91 Å². The van der Waals surface area contributed by atoms with Crippen LogP contribution in [0, 0.1) is 0 Å². The van der Waals surface area contributed by atoms with Gasteiger partial charge in [0.05, 0.1) is 16.8 Å². The van der Waals surface area contributed by atoms with Crippen LogP contribution in [0.4, 0.5) is 5.69 Å². The predicted molar refractivity (Wildman–Crippen MR) is 75.2 cm³/mol. The standard InChI is InChI=1S/C13H11N3O3S/c1-20-13-14-6-8(7-15-13)11(17)16-10-5-3-2-4-9(10)12(18)19/h2-7H,1H3,(H,16,17)(H,18,19). The van der Waals surface area contributed by atoms with Crippen LogP contribution in [0.3, 0.4) is 0 Å². The van der Waals surface area contributed by atoms with Gasteiger partial charge in [0.15, 0.2) is 5.16 Å². The molecule has 6 nitrogen and oxygen atoms in total. The van der Waals surface area contributed by atoms with Crippen molar-refractivity contribution in [2.45, 2.75) is 5.16 Å². The van der Waals surface area contributed by atoms with E-state index in [1.807, 2.05) is 6.26 Å². The number of aromatic nitrogens is 2. The maximum Gasteiger partial charge on any atom is 0.337 e. The average Bonchev–Trinajstić information content (AvgIpc) is 2.47. The van der Waals surface area contributed by atoms with E-state index in [1.165, 1.54) is 36.3 Å². The molecule has 1 heterocycles. The van der Waals surface area contributed by atoms with Gasteiger partial charge in [-0.1, -0.05) is 23.9 Å². The van der Waals surface area contributed by atoms with E-state index in [1.54, 1.807) is 12.1 Å². The van der Waals surface area contributed by atoms with Crippen LogP contribution in [0.25, 0.3) is 0 Å². The number of hydrogen-bond acceptors (Lipinski definition) is 5. The predicted octanol–water partition coefficient (Wildman–Crippen LogP) is 2.15. The van der Waals surface area contributed by atoms with E-state index >= 15 is 0 Å². The highest BCUT2D eigenvalue weighted by atomic mass is 32.2. The Labute approximate surface area is 119 Å². The van der Waals surface area contributed by atoms with Crippen molar-refractivity contribution in [2.75, 3.05) is 11.6 Å². The first kappa shape index (κ1) is 14.0. The molecular formula is C13H11N3O3S. The Morgan fingerprint density at radius 2 is 1.85 bits per heavy atom. The molecule has 0 aliphatic carbocycles. The van der Waals surface area contributed by atoms with E-state index < -0.39 is 11.9 Å². The van der Waals surface area contributed by atoms with Gasteiger partial charge >= 0.3 is 5.97 Å². The lowest BCUT2D eigenvalue weighted by molar-refractivity contribution is 0.0698. The number of carbonyl (C=O) groups excluding carboxylic acids is 1. The fraction of sp³-hybridized carbons (Fsp3) is 0.0769. The molecule has 0 aliphatic heterocycles. The molecule has 2 N–H and O–H groups in total. The summed E-state index contributed by atoms with van der Waals surface area (Å²) in [5.41, 5.74) is 0.532. The summed E-state index contributed by atoms with van der Waals surface area (Å²) in [6.07, 6.45) is 4.63. The van der Waals surface area contributed by atoms with Crippen LogP contribution in [0.15, 0.2) is 41.8 Å². The number of benzene rings is 1. The molecule has 2 rings (SSSR count). The molecule has 0 unspecified atom stereocenters. The number of anilines is 1. The van der Waals surface area contributed by atoms with Gasteiger partial charge in [-0.3, -0.25) is 4.79 Å². The number of thioether (sulfide) groups is 1. The Bertz CT molecular complexity index is 644. The number of hydrogen-bond donors (Lipinski definition) is 2. The van der Waals surface area contributed by atoms with E-state index in [2.05, 4.69) is 15.3 Å². The second-order valence-electron chi connectivity index (χ2n) is 3.76. The van der Waals surface area contributed by atoms with Crippen molar-refractivity contribution in [1.82, 2.24) is 9.97 Å². The van der Waals surface area contributed by atoms with E-state index in [0.29, 0.717) is 5.16 Å². The molecule has 7 heteroatoms. The molecule has 0 fully saturated rings. The summed E-state index contributed by atoms with van der Waals surface area (Å²) in [7, 11) is 0. The zero-order valence-electron chi connectivity index (χ0n) is 10.5. The van der Waals surface area contributed by atoms with E-state index in [9.17, 15) is 9.59 Å². The summed E-state index contributed by atoms with van der Waals surface area (Å²) < 4.78 is 0. The zero-order valence-corrected chi connectivity index (χ0v) is 11.3. The van der Waals surface area contributed by atoms with Gasteiger partial charge in [-0.05, 0) is 18.4 Å². The Hall–Kier alpha value is -2.41. The maximum absolute atomic E-state index is 12.0. The monoisotopic (exact) mass is 289 g/mol. The molecule has 0 radical (unpaired) electrons. The van der Waals surface area contributed by atoms with Crippen molar-refractivity contribution < 1.29 is 14.7 Å². The first-order valence-corrected chi connectivity index (χ1v) is 6.84. The summed E-state index contributed by atoms with van der Waals surface area (Å²) in [5.74, 6) is -1.55. The first-order chi connectivity index (χ1) is 9.61.